The van der Waals surface area contributed by atoms with Gasteiger partial charge in [0.15, 0.2) is 0 Å². The monoisotopic (exact) mass is 385 g/mol. The highest BCUT2D eigenvalue weighted by molar-refractivity contribution is 9.11. The highest BCUT2D eigenvalue weighted by atomic mass is 79.9. The number of guanidine groups is 1. The molecule has 0 radical (unpaired) electrons. The van der Waals surface area contributed by atoms with E-state index in [0.29, 0.717) is 9.90 Å². The fourth-order valence-electron chi connectivity index (χ4n) is 1.88. The van der Waals surface area contributed by atoms with Crippen molar-refractivity contribution < 1.29 is 8.42 Å². The van der Waals surface area contributed by atoms with Crippen molar-refractivity contribution in [1.29, 1.82) is 0 Å². The predicted octanol–water partition coefficient (Wildman–Crippen LogP) is 2.28. The first-order valence-electron chi connectivity index (χ1n) is 5.35. The molecule has 106 valence electrons. The second kappa shape index (κ2) is 4.61. The van der Waals surface area contributed by atoms with E-state index in [-0.39, 0.29) is 11.7 Å². The molecule has 1 aromatic rings. The van der Waals surface area contributed by atoms with E-state index in [1.165, 1.54) is 18.4 Å². The minimum Gasteiger partial charge on any atom is -0.369 e. The molecule has 2 heterocycles. The summed E-state index contributed by atoms with van der Waals surface area (Å²) in [4.78, 5) is 5.03. The third-order valence-corrected chi connectivity index (χ3v) is 8.02. The number of nitrogens with two attached hydrogens (primary N) is 1. The molecule has 2 N–H and O–H groups in total. The maximum atomic E-state index is 12.1. The second-order valence-corrected chi connectivity index (χ2v) is 9.33. The summed E-state index contributed by atoms with van der Waals surface area (Å²) in [5, 5.41) is 0.538. The molecule has 0 saturated carbocycles. The van der Waals surface area contributed by atoms with Crippen molar-refractivity contribution in [2.24, 2.45) is 10.7 Å². The van der Waals surface area contributed by atoms with Crippen LogP contribution in [0.15, 0.2) is 8.78 Å². The van der Waals surface area contributed by atoms with Gasteiger partial charge in [0.2, 0.25) is 16.0 Å². The van der Waals surface area contributed by atoms with Crippen molar-refractivity contribution in [1.82, 2.24) is 4.31 Å². The van der Waals surface area contributed by atoms with Crippen LogP contribution >= 0.6 is 38.9 Å². The first-order valence-corrected chi connectivity index (χ1v) is 8.95. The molecule has 0 saturated heterocycles. The molecule has 0 unspecified atom stereocenters. The SMILES string of the molecule is Cc1c(Br)sc([C@]2(C)CS(=O)(=O)N(C)C(N)=N2)c1Cl. The lowest BCUT2D eigenvalue weighted by atomic mass is 10.0. The lowest BCUT2D eigenvalue weighted by Crippen LogP contribution is -2.50. The van der Waals surface area contributed by atoms with Gasteiger partial charge < -0.3 is 5.73 Å². The summed E-state index contributed by atoms with van der Waals surface area (Å²) >= 11 is 11.1. The minimum absolute atomic E-state index is 0.0213. The van der Waals surface area contributed by atoms with Crippen molar-refractivity contribution >= 4 is 54.9 Å². The van der Waals surface area contributed by atoms with Crippen molar-refractivity contribution in [2.75, 3.05) is 12.8 Å². The van der Waals surface area contributed by atoms with Crippen LogP contribution in [0.2, 0.25) is 5.02 Å². The van der Waals surface area contributed by atoms with E-state index in [9.17, 15) is 8.42 Å². The Kier molecular flexibility index (Phi) is 3.66. The van der Waals surface area contributed by atoms with E-state index in [1.807, 2.05) is 6.92 Å². The summed E-state index contributed by atoms with van der Waals surface area (Å²) in [6.07, 6.45) is 0. The van der Waals surface area contributed by atoms with E-state index >= 15 is 0 Å². The Hall–Kier alpha value is -0.310. The molecule has 1 aliphatic rings. The smallest absolute Gasteiger partial charge is 0.239 e. The van der Waals surface area contributed by atoms with Crippen LogP contribution in [0.1, 0.15) is 17.4 Å². The highest BCUT2D eigenvalue weighted by Gasteiger charge is 2.42. The molecule has 0 amide bonds. The van der Waals surface area contributed by atoms with Crippen LogP contribution in [0.5, 0.6) is 0 Å². The van der Waals surface area contributed by atoms with Gasteiger partial charge in [0.25, 0.3) is 0 Å². The fraction of sp³-hybridized carbons (Fsp3) is 0.500. The summed E-state index contributed by atoms with van der Waals surface area (Å²) < 4.78 is 26.1. The molecule has 0 aromatic carbocycles. The number of thiophene rings is 1. The molecule has 1 aliphatic heterocycles. The molecule has 1 aromatic heterocycles. The standard InChI is InChI=1S/C10H13BrClN3O2S2/c1-5-6(12)7(18-8(5)11)10(2)4-19(16,17)15(3)9(13)14-10/h4H2,1-3H3,(H2,13,14)/t10-/m0/s1. The largest absolute Gasteiger partial charge is 0.369 e. The quantitative estimate of drug-likeness (QED) is 0.804. The maximum Gasteiger partial charge on any atom is 0.239 e. The van der Waals surface area contributed by atoms with Crippen LogP contribution < -0.4 is 5.73 Å². The molecular weight excluding hydrogens is 374 g/mol. The van der Waals surface area contributed by atoms with Crippen LogP contribution in [0.3, 0.4) is 0 Å². The molecular formula is C10H13BrClN3O2S2. The van der Waals surface area contributed by atoms with Gasteiger partial charge in [0, 0.05) is 7.05 Å². The Balaban J connectivity index is 2.64. The normalized spacial score (nSPS) is 26.4. The molecule has 1 atom stereocenters. The highest BCUT2D eigenvalue weighted by Crippen LogP contribution is 2.45. The van der Waals surface area contributed by atoms with Crippen LogP contribution in [-0.4, -0.2) is 31.5 Å². The lowest BCUT2D eigenvalue weighted by Gasteiger charge is -2.33. The van der Waals surface area contributed by atoms with Gasteiger partial charge in [-0.2, -0.15) is 0 Å². The zero-order chi connectivity index (χ0) is 14.6. The molecule has 2 rings (SSSR count). The average molecular weight is 387 g/mol. The summed E-state index contributed by atoms with van der Waals surface area (Å²) in [7, 11) is -2.08. The van der Waals surface area contributed by atoms with Gasteiger partial charge in [-0.15, -0.1) is 11.3 Å². The number of rotatable bonds is 1. The number of nitrogens with zero attached hydrogens (tertiary/aromatic N) is 2. The first kappa shape index (κ1) is 15.1. The van der Waals surface area contributed by atoms with Gasteiger partial charge in [0.1, 0.15) is 5.54 Å². The topological polar surface area (TPSA) is 75.8 Å². The van der Waals surface area contributed by atoms with E-state index in [4.69, 9.17) is 17.3 Å². The van der Waals surface area contributed by atoms with Crippen molar-refractivity contribution in [3.8, 4) is 0 Å². The van der Waals surface area contributed by atoms with E-state index in [2.05, 4.69) is 20.9 Å². The Labute approximate surface area is 129 Å². The Bertz CT molecular complexity index is 671. The lowest BCUT2D eigenvalue weighted by molar-refractivity contribution is 0.482. The molecule has 0 fully saturated rings. The Morgan fingerprint density at radius 3 is 2.58 bits per heavy atom. The van der Waals surface area contributed by atoms with Gasteiger partial charge in [-0.25, -0.2) is 17.7 Å². The first-order chi connectivity index (χ1) is 8.58. The molecule has 19 heavy (non-hydrogen) atoms. The number of sulfonamides is 1. The van der Waals surface area contributed by atoms with Crippen molar-refractivity contribution in [2.45, 2.75) is 19.4 Å². The summed E-state index contributed by atoms with van der Waals surface area (Å²) in [6.45, 7) is 3.60. The zero-order valence-electron chi connectivity index (χ0n) is 10.6. The van der Waals surface area contributed by atoms with Gasteiger partial charge in [-0.3, -0.25) is 0 Å². The number of hydrogen-bond donors (Lipinski definition) is 1. The van der Waals surface area contributed by atoms with Crippen molar-refractivity contribution in [3.63, 3.8) is 0 Å². The Morgan fingerprint density at radius 2 is 2.16 bits per heavy atom. The van der Waals surface area contributed by atoms with Crippen LogP contribution in [0, 0.1) is 6.92 Å². The third-order valence-electron chi connectivity index (χ3n) is 3.07. The Morgan fingerprint density at radius 1 is 1.58 bits per heavy atom. The molecule has 0 bridgehead atoms. The molecule has 0 spiro atoms. The second-order valence-electron chi connectivity index (χ2n) is 4.61. The average Bonchev–Trinajstić information content (AvgIpc) is 2.54. The zero-order valence-corrected chi connectivity index (χ0v) is 14.5. The number of hydrogen-bond acceptors (Lipinski definition) is 5. The number of aliphatic imine (C=N–C) groups is 1. The minimum atomic E-state index is -3.48. The van der Waals surface area contributed by atoms with E-state index < -0.39 is 15.6 Å². The van der Waals surface area contributed by atoms with E-state index in [1.54, 1.807) is 6.92 Å². The fourth-order valence-corrected chi connectivity index (χ4v) is 5.69. The number of halogens is 2. The molecule has 9 heteroatoms. The molecule has 5 nitrogen and oxygen atoms in total. The third kappa shape index (κ3) is 2.39. The predicted molar refractivity (Wildman–Crippen MR) is 82.3 cm³/mol. The van der Waals surface area contributed by atoms with Crippen LogP contribution in [0.4, 0.5) is 0 Å². The van der Waals surface area contributed by atoms with Gasteiger partial charge in [0.05, 0.1) is 19.4 Å². The summed E-state index contributed by atoms with van der Waals surface area (Å²) in [5.41, 5.74) is 5.64. The molecule has 0 aliphatic carbocycles. The van der Waals surface area contributed by atoms with Gasteiger partial charge in [-0.05, 0) is 35.3 Å². The van der Waals surface area contributed by atoms with Gasteiger partial charge in [-0.1, -0.05) is 11.6 Å². The van der Waals surface area contributed by atoms with Gasteiger partial charge >= 0.3 is 0 Å². The van der Waals surface area contributed by atoms with Crippen LogP contribution in [0.25, 0.3) is 0 Å². The van der Waals surface area contributed by atoms with Crippen molar-refractivity contribution in [3.05, 3.63) is 19.2 Å². The maximum absolute atomic E-state index is 12.1. The summed E-state index contributed by atoms with van der Waals surface area (Å²) in [5.74, 6) is -0.171. The van der Waals surface area contributed by atoms with Crippen LogP contribution in [-0.2, 0) is 15.6 Å². The summed E-state index contributed by atoms with van der Waals surface area (Å²) in [6, 6.07) is 0. The van der Waals surface area contributed by atoms with E-state index in [0.717, 1.165) is 13.7 Å².